The number of thiazole rings is 1. The van der Waals surface area contributed by atoms with Gasteiger partial charge in [-0.25, -0.2) is 4.98 Å². The fraction of sp³-hybridized carbons (Fsp3) is 0.375. The number of ether oxygens (including phenoxy) is 1. The quantitative estimate of drug-likeness (QED) is 0.404. The van der Waals surface area contributed by atoms with E-state index in [0.29, 0.717) is 12.5 Å². The Morgan fingerprint density at radius 3 is 2.61 bits per heavy atom. The van der Waals surface area contributed by atoms with E-state index in [1.54, 1.807) is 18.4 Å². The van der Waals surface area contributed by atoms with Crippen molar-refractivity contribution in [2.75, 3.05) is 19.0 Å². The van der Waals surface area contributed by atoms with E-state index in [2.05, 4.69) is 29.1 Å². The van der Waals surface area contributed by atoms with E-state index in [0.717, 1.165) is 29.3 Å². The first-order valence-corrected chi connectivity index (χ1v) is 8.10. The summed E-state index contributed by atoms with van der Waals surface area (Å²) in [6.45, 7) is 4.87. The van der Waals surface area contributed by atoms with E-state index in [9.17, 15) is 0 Å². The first kappa shape index (κ1) is 19.7. The SMILES string of the molecule is CCc1nc(CCN=C(N)Nc2ccc(OC)cc2)sc1C.I. The van der Waals surface area contributed by atoms with Gasteiger partial charge >= 0.3 is 0 Å². The van der Waals surface area contributed by atoms with Crippen LogP contribution in [0.3, 0.4) is 0 Å². The van der Waals surface area contributed by atoms with Crippen LogP contribution in [0.5, 0.6) is 5.75 Å². The Hall–Kier alpha value is -1.35. The molecule has 2 aromatic rings. The number of aryl methyl sites for hydroxylation is 2. The summed E-state index contributed by atoms with van der Waals surface area (Å²) in [7, 11) is 1.64. The third kappa shape index (κ3) is 5.98. The average Bonchev–Trinajstić information content (AvgIpc) is 2.88. The molecule has 0 aliphatic heterocycles. The molecule has 1 heterocycles. The van der Waals surface area contributed by atoms with Crippen molar-refractivity contribution in [3.63, 3.8) is 0 Å². The highest BCUT2D eigenvalue weighted by Gasteiger charge is 2.05. The molecule has 0 atom stereocenters. The highest BCUT2D eigenvalue weighted by molar-refractivity contribution is 14.0. The van der Waals surface area contributed by atoms with Crippen LogP contribution in [0.1, 0.15) is 22.5 Å². The van der Waals surface area contributed by atoms with Gasteiger partial charge in [0.2, 0.25) is 0 Å². The number of methoxy groups -OCH3 is 1. The molecule has 126 valence electrons. The molecule has 0 unspecified atom stereocenters. The van der Waals surface area contributed by atoms with Crippen LogP contribution in [0.4, 0.5) is 5.69 Å². The number of hydrogen-bond donors (Lipinski definition) is 2. The van der Waals surface area contributed by atoms with Gasteiger partial charge in [0.1, 0.15) is 5.75 Å². The standard InChI is InChI=1S/C16H22N4OS.HI/c1-4-14-11(2)22-15(20-14)9-10-18-16(17)19-12-5-7-13(21-3)8-6-12;/h5-8H,4,9-10H2,1-3H3,(H3,17,18,19);1H. The maximum absolute atomic E-state index is 5.89. The first-order valence-electron chi connectivity index (χ1n) is 7.28. The fourth-order valence-electron chi connectivity index (χ4n) is 2.06. The van der Waals surface area contributed by atoms with Gasteiger partial charge in [-0.1, -0.05) is 6.92 Å². The highest BCUT2D eigenvalue weighted by atomic mass is 127. The maximum Gasteiger partial charge on any atom is 0.193 e. The summed E-state index contributed by atoms with van der Waals surface area (Å²) < 4.78 is 5.11. The number of benzene rings is 1. The monoisotopic (exact) mass is 446 g/mol. The zero-order chi connectivity index (χ0) is 15.9. The molecular formula is C16H23IN4OS. The van der Waals surface area contributed by atoms with E-state index in [1.165, 1.54) is 10.6 Å². The van der Waals surface area contributed by atoms with Crippen LogP contribution < -0.4 is 15.8 Å². The average molecular weight is 446 g/mol. The smallest absolute Gasteiger partial charge is 0.193 e. The molecule has 0 radical (unpaired) electrons. The van der Waals surface area contributed by atoms with E-state index >= 15 is 0 Å². The van der Waals surface area contributed by atoms with Gasteiger partial charge in [0, 0.05) is 23.5 Å². The number of aromatic nitrogens is 1. The molecule has 0 saturated carbocycles. The van der Waals surface area contributed by atoms with Gasteiger partial charge in [-0.2, -0.15) is 0 Å². The van der Waals surface area contributed by atoms with Gasteiger partial charge in [-0.15, -0.1) is 35.3 Å². The second-order valence-electron chi connectivity index (χ2n) is 4.83. The summed E-state index contributed by atoms with van der Waals surface area (Å²) in [4.78, 5) is 10.2. The lowest BCUT2D eigenvalue weighted by molar-refractivity contribution is 0.415. The van der Waals surface area contributed by atoms with Crippen molar-refractivity contribution in [1.82, 2.24) is 4.98 Å². The largest absolute Gasteiger partial charge is 0.497 e. The highest BCUT2D eigenvalue weighted by Crippen LogP contribution is 2.18. The Morgan fingerprint density at radius 2 is 2.04 bits per heavy atom. The minimum atomic E-state index is 0. The van der Waals surface area contributed by atoms with Crippen molar-refractivity contribution in [3.05, 3.63) is 39.8 Å². The maximum atomic E-state index is 5.89. The van der Waals surface area contributed by atoms with E-state index in [4.69, 9.17) is 10.5 Å². The number of nitrogens with one attached hydrogen (secondary N) is 1. The normalized spacial score (nSPS) is 11.0. The Bertz CT molecular complexity index is 640. The predicted molar refractivity (Wildman–Crippen MR) is 108 cm³/mol. The molecule has 0 fully saturated rings. The Balaban J connectivity index is 0.00000264. The van der Waals surface area contributed by atoms with Gasteiger partial charge < -0.3 is 15.8 Å². The predicted octanol–water partition coefficient (Wildman–Crippen LogP) is 3.61. The molecule has 3 N–H and O–H groups in total. The molecule has 0 saturated heterocycles. The van der Waals surface area contributed by atoms with Crippen molar-refractivity contribution in [2.24, 2.45) is 10.7 Å². The van der Waals surface area contributed by atoms with E-state index in [-0.39, 0.29) is 24.0 Å². The number of nitrogens with two attached hydrogens (primary N) is 1. The van der Waals surface area contributed by atoms with Gasteiger partial charge in [-0.3, -0.25) is 4.99 Å². The molecule has 0 aliphatic carbocycles. The van der Waals surface area contributed by atoms with Crippen LogP contribution in [0.25, 0.3) is 0 Å². The van der Waals surface area contributed by atoms with Crippen molar-refractivity contribution < 1.29 is 4.74 Å². The first-order chi connectivity index (χ1) is 10.6. The molecule has 0 aliphatic rings. The zero-order valence-corrected chi connectivity index (χ0v) is 16.8. The van der Waals surface area contributed by atoms with Crippen molar-refractivity contribution >= 4 is 47.0 Å². The summed E-state index contributed by atoms with van der Waals surface area (Å²) in [5.74, 6) is 1.22. The summed E-state index contributed by atoms with van der Waals surface area (Å²) in [6, 6.07) is 7.55. The van der Waals surface area contributed by atoms with Gasteiger partial charge in [0.05, 0.1) is 17.8 Å². The van der Waals surface area contributed by atoms with E-state index in [1.807, 2.05) is 24.3 Å². The molecule has 1 aromatic carbocycles. The van der Waals surface area contributed by atoms with Crippen molar-refractivity contribution in [3.8, 4) is 5.75 Å². The van der Waals surface area contributed by atoms with Gasteiger partial charge in [-0.05, 0) is 37.6 Å². The molecule has 23 heavy (non-hydrogen) atoms. The van der Waals surface area contributed by atoms with Crippen molar-refractivity contribution in [2.45, 2.75) is 26.7 Å². The third-order valence-electron chi connectivity index (χ3n) is 3.24. The molecular weight excluding hydrogens is 423 g/mol. The van der Waals surface area contributed by atoms with Crippen LogP contribution >= 0.6 is 35.3 Å². The van der Waals surface area contributed by atoms with Crippen LogP contribution in [0.15, 0.2) is 29.3 Å². The summed E-state index contributed by atoms with van der Waals surface area (Å²) in [5, 5.41) is 4.18. The lowest BCUT2D eigenvalue weighted by atomic mass is 10.3. The van der Waals surface area contributed by atoms with Gasteiger partial charge in [0.15, 0.2) is 5.96 Å². The number of guanidine groups is 1. The Kier molecular flexibility index (Phi) is 8.32. The molecule has 0 amide bonds. The van der Waals surface area contributed by atoms with Crippen LogP contribution in [-0.2, 0) is 12.8 Å². The third-order valence-corrected chi connectivity index (χ3v) is 4.31. The summed E-state index contributed by atoms with van der Waals surface area (Å²) in [6.07, 6.45) is 1.79. The van der Waals surface area contributed by atoms with Crippen molar-refractivity contribution in [1.29, 1.82) is 0 Å². The summed E-state index contributed by atoms with van der Waals surface area (Å²) in [5.41, 5.74) is 7.97. The van der Waals surface area contributed by atoms with Crippen LogP contribution in [0.2, 0.25) is 0 Å². The van der Waals surface area contributed by atoms with E-state index < -0.39 is 0 Å². The Labute approximate surface area is 158 Å². The molecule has 5 nitrogen and oxygen atoms in total. The lowest BCUT2D eigenvalue weighted by Gasteiger charge is -2.06. The number of anilines is 1. The number of nitrogens with zero attached hydrogens (tertiary/aromatic N) is 2. The van der Waals surface area contributed by atoms with Crippen LogP contribution in [-0.4, -0.2) is 24.6 Å². The topological polar surface area (TPSA) is 72.5 Å². The molecule has 7 heteroatoms. The zero-order valence-electron chi connectivity index (χ0n) is 13.6. The second kappa shape index (κ2) is 9.71. The molecule has 1 aromatic heterocycles. The number of halogens is 1. The fourth-order valence-corrected chi connectivity index (χ4v) is 3.07. The summed E-state index contributed by atoms with van der Waals surface area (Å²) >= 11 is 1.74. The number of hydrogen-bond acceptors (Lipinski definition) is 4. The second-order valence-corrected chi connectivity index (χ2v) is 6.12. The van der Waals surface area contributed by atoms with Gasteiger partial charge in [0.25, 0.3) is 0 Å². The molecule has 0 spiro atoms. The minimum Gasteiger partial charge on any atom is -0.497 e. The number of aliphatic imine (C=N–C) groups is 1. The molecule has 2 rings (SSSR count). The minimum absolute atomic E-state index is 0. The van der Waals surface area contributed by atoms with Crippen LogP contribution in [0, 0.1) is 6.92 Å². The lowest BCUT2D eigenvalue weighted by Crippen LogP contribution is -2.23. The molecule has 0 bridgehead atoms. The Morgan fingerprint density at radius 1 is 1.35 bits per heavy atom. The number of rotatable bonds is 6.